The molecule has 1 rings (SSSR count). The zero-order valence-corrected chi connectivity index (χ0v) is 6.57. The molecule has 0 aromatic rings. The molecule has 1 nitrogen and oxygen atoms in total. The highest BCUT2D eigenvalue weighted by atomic mass is 16.3. The Hall–Kier alpha value is -0.0400. The molecule has 1 heteroatoms. The molecule has 0 aliphatic heterocycles. The fraction of sp³-hybridized carbons (Fsp3) is 1.00. The minimum atomic E-state index is -0.410. The van der Waals surface area contributed by atoms with Crippen molar-refractivity contribution in [3.63, 3.8) is 0 Å². The van der Waals surface area contributed by atoms with Crippen LogP contribution in [0.1, 0.15) is 40.0 Å². The Bertz CT molecular complexity index is 99.7. The molecule has 1 fully saturated rings. The normalized spacial score (nSPS) is 41.3. The first-order chi connectivity index (χ1) is 3.96. The van der Waals surface area contributed by atoms with Gasteiger partial charge in [-0.15, -0.1) is 0 Å². The Morgan fingerprint density at radius 1 is 1.11 bits per heavy atom. The second kappa shape index (κ2) is 1.72. The van der Waals surface area contributed by atoms with E-state index in [9.17, 15) is 5.11 Å². The third kappa shape index (κ3) is 0.983. The van der Waals surface area contributed by atoms with Crippen LogP contribution in [0.4, 0.5) is 0 Å². The first-order valence-electron chi connectivity index (χ1n) is 3.68. The lowest BCUT2D eigenvalue weighted by Gasteiger charge is -2.32. The fourth-order valence-electron chi connectivity index (χ4n) is 1.48. The van der Waals surface area contributed by atoms with Crippen molar-refractivity contribution >= 4 is 0 Å². The van der Waals surface area contributed by atoms with Crippen LogP contribution in [-0.4, -0.2) is 10.7 Å². The summed E-state index contributed by atoms with van der Waals surface area (Å²) in [6, 6.07) is 0. The molecule has 1 aliphatic rings. The van der Waals surface area contributed by atoms with Crippen molar-refractivity contribution in [1.29, 1.82) is 0 Å². The van der Waals surface area contributed by atoms with E-state index in [4.69, 9.17) is 0 Å². The minimum absolute atomic E-state index is 0.146. The second-order valence-electron chi connectivity index (χ2n) is 4.01. The molecule has 0 saturated heterocycles. The van der Waals surface area contributed by atoms with E-state index >= 15 is 0 Å². The number of rotatable bonds is 0. The topological polar surface area (TPSA) is 20.2 Å². The Labute approximate surface area is 57.1 Å². The zero-order valence-electron chi connectivity index (χ0n) is 6.57. The maximum atomic E-state index is 9.72. The van der Waals surface area contributed by atoms with Crippen molar-refractivity contribution < 1.29 is 5.11 Å². The first kappa shape index (κ1) is 7.07. The number of aliphatic hydroxyl groups is 1. The number of hydrogen-bond acceptors (Lipinski definition) is 1. The summed E-state index contributed by atoms with van der Waals surface area (Å²) in [5, 5.41) is 9.72. The Morgan fingerprint density at radius 2 is 1.67 bits per heavy atom. The van der Waals surface area contributed by atoms with E-state index < -0.39 is 5.60 Å². The van der Waals surface area contributed by atoms with Crippen molar-refractivity contribution in [2.75, 3.05) is 0 Å². The van der Waals surface area contributed by atoms with Gasteiger partial charge in [0.05, 0.1) is 5.60 Å². The molecule has 0 aromatic carbocycles. The standard InChI is InChI=1S/C8H16O/c1-7(2)5-4-6-8(7,3)9/h9H,4-6H2,1-3H3. The van der Waals surface area contributed by atoms with Crippen molar-refractivity contribution in [3.05, 3.63) is 0 Å². The molecule has 0 bridgehead atoms. The van der Waals surface area contributed by atoms with Crippen LogP contribution >= 0.6 is 0 Å². The van der Waals surface area contributed by atoms with Gasteiger partial charge in [0.1, 0.15) is 0 Å². The van der Waals surface area contributed by atoms with Crippen molar-refractivity contribution in [2.45, 2.75) is 45.6 Å². The average molecular weight is 128 g/mol. The van der Waals surface area contributed by atoms with E-state index in [0.29, 0.717) is 0 Å². The van der Waals surface area contributed by atoms with E-state index in [-0.39, 0.29) is 5.41 Å². The maximum Gasteiger partial charge on any atom is 0.0670 e. The molecule has 1 N–H and O–H groups in total. The van der Waals surface area contributed by atoms with Gasteiger partial charge in [-0.1, -0.05) is 13.8 Å². The van der Waals surface area contributed by atoms with Crippen molar-refractivity contribution in [2.24, 2.45) is 5.41 Å². The molecule has 9 heavy (non-hydrogen) atoms. The SMILES string of the molecule is CC1(C)CCCC1(C)O. The molecule has 0 radical (unpaired) electrons. The van der Waals surface area contributed by atoms with Crippen molar-refractivity contribution in [3.8, 4) is 0 Å². The largest absolute Gasteiger partial charge is 0.390 e. The predicted molar refractivity (Wildman–Crippen MR) is 38.3 cm³/mol. The molecule has 1 atom stereocenters. The van der Waals surface area contributed by atoms with Gasteiger partial charge in [-0.05, 0) is 31.6 Å². The minimum Gasteiger partial charge on any atom is -0.390 e. The van der Waals surface area contributed by atoms with Crippen LogP contribution in [0.25, 0.3) is 0 Å². The Morgan fingerprint density at radius 3 is 1.78 bits per heavy atom. The summed E-state index contributed by atoms with van der Waals surface area (Å²) in [7, 11) is 0. The smallest absolute Gasteiger partial charge is 0.0670 e. The summed E-state index contributed by atoms with van der Waals surface area (Å²) in [6.45, 7) is 6.22. The van der Waals surface area contributed by atoms with Crippen LogP contribution in [0.15, 0.2) is 0 Å². The Balaban J connectivity index is 2.75. The second-order valence-corrected chi connectivity index (χ2v) is 4.01. The van der Waals surface area contributed by atoms with Gasteiger partial charge in [-0.2, -0.15) is 0 Å². The first-order valence-corrected chi connectivity index (χ1v) is 3.68. The highest BCUT2D eigenvalue weighted by Gasteiger charge is 2.43. The maximum absolute atomic E-state index is 9.72. The lowest BCUT2D eigenvalue weighted by Crippen LogP contribution is -2.35. The quantitative estimate of drug-likeness (QED) is 0.528. The Kier molecular flexibility index (Phi) is 1.35. The van der Waals surface area contributed by atoms with E-state index in [1.165, 1.54) is 12.8 Å². The average Bonchev–Trinajstić information content (AvgIpc) is 1.81. The molecule has 1 aliphatic carbocycles. The summed E-state index contributed by atoms with van der Waals surface area (Å²) >= 11 is 0. The van der Waals surface area contributed by atoms with E-state index in [1.54, 1.807) is 0 Å². The van der Waals surface area contributed by atoms with Crippen LogP contribution < -0.4 is 0 Å². The lowest BCUT2D eigenvalue weighted by atomic mass is 9.79. The molecule has 0 spiro atoms. The number of hydrogen-bond donors (Lipinski definition) is 1. The van der Waals surface area contributed by atoms with Gasteiger partial charge < -0.3 is 5.11 Å². The molecule has 54 valence electrons. The highest BCUT2D eigenvalue weighted by Crippen LogP contribution is 2.45. The summed E-state index contributed by atoms with van der Waals surface area (Å²) in [5.41, 5.74) is -0.264. The molecule has 1 unspecified atom stereocenters. The van der Waals surface area contributed by atoms with Gasteiger partial charge in [-0.3, -0.25) is 0 Å². The molecular formula is C8H16O. The third-order valence-corrected chi connectivity index (χ3v) is 2.92. The summed E-state index contributed by atoms with van der Waals surface area (Å²) in [5.74, 6) is 0. The summed E-state index contributed by atoms with van der Waals surface area (Å²) in [6.07, 6.45) is 3.32. The third-order valence-electron chi connectivity index (χ3n) is 2.92. The predicted octanol–water partition coefficient (Wildman–Crippen LogP) is 1.95. The van der Waals surface area contributed by atoms with E-state index in [1.807, 2.05) is 6.92 Å². The molecule has 0 heterocycles. The van der Waals surface area contributed by atoms with Crippen LogP contribution in [0.2, 0.25) is 0 Å². The van der Waals surface area contributed by atoms with Gasteiger partial charge in [0.15, 0.2) is 0 Å². The van der Waals surface area contributed by atoms with Crippen LogP contribution in [0.5, 0.6) is 0 Å². The van der Waals surface area contributed by atoms with Gasteiger partial charge >= 0.3 is 0 Å². The van der Waals surface area contributed by atoms with Crippen LogP contribution in [-0.2, 0) is 0 Å². The van der Waals surface area contributed by atoms with Crippen LogP contribution in [0, 0.1) is 5.41 Å². The highest BCUT2D eigenvalue weighted by molar-refractivity contribution is 4.94. The van der Waals surface area contributed by atoms with Crippen LogP contribution in [0.3, 0.4) is 0 Å². The molecule has 0 amide bonds. The van der Waals surface area contributed by atoms with E-state index in [0.717, 1.165) is 6.42 Å². The fourth-order valence-corrected chi connectivity index (χ4v) is 1.48. The molecule has 0 aromatic heterocycles. The summed E-state index contributed by atoms with van der Waals surface area (Å²) in [4.78, 5) is 0. The molecular weight excluding hydrogens is 112 g/mol. The van der Waals surface area contributed by atoms with Gasteiger partial charge in [0.2, 0.25) is 0 Å². The van der Waals surface area contributed by atoms with Gasteiger partial charge in [0.25, 0.3) is 0 Å². The van der Waals surface area contributed by atoms with E-state index in [2.05, 4.69) is 13.8 Å². The lowest BCUT2D eigenvalue weighted by molar-refractivity contribution is -0.0251. The van der Waals surface area contributed by atoms with Gasteiger partial charge in [-0.25, -0.2) is 0 Å². The zero-order chi connectivity index (χ0) is 7.12. The monoisotopic (exact) mass is 128 g/mol. The van der Waals surface area contributed by atoms with Crippen molar-refractivity contribution in [1.82, 2.24) is 0 Å². The molecule has 1 saturated carbocycles. The summed E-state index contributed by atoms with van der Waals surface area (Å²) < 4.78 is 0. The van der Waals surface area contributed by atoms with Gasteiger partial charge in [0, 0.05) is 0 Å².